The first-order chi connectivity index (χ1) is 9.56. The number of carbonyl (C=O) groups is 1. The molecular weight excluding hydrogens is 274 g/mol. The van der Waals surface area contributed by atoms with E-state index in [0.717, 1.165) is 19.5 Å². The molecule has 108 valence electrons. The summed E-state index contributed by atoms with van der Waals surface area (Å²) in [5, 5.41) is 0.442. The van der Waals surface area contributed by atoms with Gasteiger partial charge in [-0.1, -0.05) is 11.6 Å². The molecule has 2 fully saturated rings. The molecule has 0 spiro atoms. The Morgan fingerprint density at radius 2 is 2.05 bits per heavy atom. The zero-order valence-electron chi connectivity index (χ0n) is 11.7. The van der Waals surface area contributed by atoms with E-state index in [0.29, 0.717) is 28.4 Å². The zero-order valence-corrected chi connectivity index (χ0v) is 12.4. The molecule has 0 aromatic heterocycles. The van der Waals surface area contributed by atoms with Gasteiger partial charge in [-0.05, 0) is 44.5 Å². The van der Waals surface area contributed by atoms with Crippen LogP contribution in [0.5, 0.6) is 0 Å². The number of hydrogen-bond acceptors (Lipinski definition) is 3. The average molecular weight is 294 g/mol. The Morgan fingerprint density at radius 1 is 1.30 bits per heavy atom. The molecule has 1 amide bonds. The number of rotatable bonds is 1. The molecule has 0 radical (unpaired) electrons. The second-order valence-corrected chi connectivity index (χ2v) is 6.24. The molecule has 2 aliphatic heterocycles. The summed E-state index contributed by atoms with van der Waals surface area (Å²) in [7, 11) is 2.17. The molecule has 20 heavy (non-hydrogen) atoms. The third-order valence-electron chi connectivity index (χ3n) is 4.66. The first-order valence-electron chi connectivity index (χ1n) is 7.12. The van der Waals surface area contributed by atoms with Crippen molar-refractivity contribution in [2.75, 3.05) is 25.9 Å². The van der Waals surface area contributed by atoms with Crippen molar-refractivity contribution >= 4 is 23.2 Å². The number of fused-ring (bicyclic) bond motifs is 2. The standard InChI is InChI=1S/C15H20ClN3O/c1-18-11-3-4-12(18)9-19(7-6-11)15(20)13-5-2-10(17)8-14(13)16/h2,5,8,11-12H,3-4,6-7,9,17H2,1H3. The lowest BCUT2D eigenvalue weighted by Gasteiger charge is -2.26. The molecule has 2 heterocycles. The number of benzene rings is 1. The van der Waals surface area contributed by atoms with E-state index in [1.807, 2.05) is 4.90 Å². The van der Waals surface area contributed by atoms with Crippen molar-refractivity contribution < 1.29 is 4.79 Å². The van der Waals surface area contributed by atoms with Crippen LogP contribution in [0.25, 0.3) is 0 Å². The number of likely N-dealkylation sites (N-methyl/N-ethyl adjacent to an activating group) is 1. The highest BCUT2D eigenvalue weighted by atomic mass is 35.5. The predicted molar refractivity (Wildman–Crippen MR) is 81.0 cm³/mol. The summed E-state index contributed by atoms with van der Waals surface area (Å²) < 4.78 is 0. The maximum absolute atomic E-state index is 12.6. The zero-order chi connectivity index (χ0) is 14.3. The van der Waals surface area contributed by atoms with Gasteiger partial charge >= 0.3 is 0 Å². The van der Waals surface area contributed by atoms with E-state index in [2.05, 4.69) is 11.9 Å². The fourth-order valence-electron chi connectivity index (χ4n) is 3.37. The van der Waals surface area contributed by atoms with Crippen LogP contribution in [-0.2, 0) is 0 Å². The van der Waals surface area contributed by atoms with Gasteiger partial charge in [0.1, 0.15) is 0 Å². The van der Waals surface area contributed by atoms with Gasteiger partial charge in [0.2, 0.25) is 0 Å². The Labute approximate surface area is 124 Å². The van der Waals surface area contributed by atoms with E-state index in [4.69, 9.17) is 17.3 Å². The predicted octanol–water partition coefficient (Wildman–Crippen LogP) is 2.23. The third-order valence-corrected chi connectivity index (χ3v) is 4.97. The molecule has 0 aliphatic carbocycles. The van der Waals surface area contributed by atoms with Crippen LogP contribution in [0.2, 0.25) is 5.02 Å². The fraction of sp³-hybridized carbons (Fsp3) is 0.533. The smallest absolute Gasteiger partial charge is 0.255 e. The minimum absolute atomic E-state index is 0.0240. The average Bonchev–Trinajstić information content (AvgIpc) is 2.62. The second-order valence-electron chi connectivity index (χ2n) is 5.83. The minimum atomic E-state index is 0.0240. The molecule has 2 unspecified atom stereocenters. The van der Waals surface area contributed by atoms with Crippen molar-refractivity contribution in [3.05, 3.63) is 28.8 Å². The largest absolute Gasteiger partial charge is 0.399 e. The second kappa shape index (κ2) is 5.26. The minimum Gasteiger partial charge on any atom is -0.399 e. The molecule has 3 rings (SSSR count). The highest BCUT2D eigenvalue weighted by molar-refractivity contribution is 6.34. The number of carbonyl (C=O) groups excluding carboxylic acids is 1. The van der Waals surface area contributed by atoms with E-state index in [9.17, 15) is 4.79 Å². The molecule has 2 atom stereocenters. The lowest BCUT2D eigenvalue weighted by atomic mass is 10.1. The molecular formula is C15H20ClN3O. The molecule has 4 nitrogen and oxygen atoms in total. The number of likely N-dealkylation sites (tertiary alicyclic amines) is 1. The summed E-state index contributed by atoms with van der Waals surface area (Å²) in [5.41, 5.74) is 6.82. The number of amides is 1. The summed E-state index contributed by atoms with van der Waals surface area (Å²) in [6.07, 6.45) is 3.48. The summed E-state index contributed by atoms with van der Waals surface area (Å²) in [4.78, 5) is 17.0. The molecule has 2 bridgehead atoms. The van der Waals surface area contributed by atoms with Crippen LogP contribution in [0.3, 0.4) is 0 Å². The van der Waals surface area contributed by atoms with Gasteiger partial charge in [0, 0.05) is 30.9 Å². The Kier molecular flexibility index (Phi) is 3.61. The van der Waals surface area contributed by atoms with E-state index in [-0.39, 0.29) is 5.91 Å². The quantitative estimate of drug-likeness (QED) is 0.808. The van der Waals surface area contributed by atoms with Crippen molar-refractivity contribution in [1.82, 2.24) is 9.80 Å². The number of nitrogens with zero attached hydrogens (tertiary/aromatic N) is 2. The summed E-state index contributed by atoms with van der Waals surface area (Å²) in [6.45, 7) is 1.61. The normalized spacial score (nSPS) is 26.6. The Morgan fingerprint density at radius 3 is 2.80 bits per heavy atom. The number of halogens is 1. The highest BCUT2D eigenvalue weighted by Crippen LogP contribution is 2.30. The Bertz CT molecular complexity index is 534. The number of hydrogen-bond donors (Lipinski definition) is 1. The van der Waals surface area contributed by atoms with Gasteiger partial charge in [-0.15, -0.1) is 0 Å². The van der Waals surface area contributed by atoms with Gasteiger partial charge in [0.15, 0.2) is 0 Å². The number of nitrogen functional groups attached to an aromatic ring is 1. The SMILES string of the molecule is CN1C2CCC1CN(C(=O)c1ccc(N)cc1Cl)CC2. The van der Waals surface area contributed by atoms with E-state index in [1.165, 1.54) is 12.8 Å². The molecule has 2 saturated heterocycles. The van der Waals surface area contributed by atoms with Crippen LogP contribution in [0.15, 0.2) is 18.2 Å². The lowest BCUT2D eigenvalue weighted by Crippen LogP contribution is -2.39. The van der Waals surface area contributed by atoms with E-state index < -0.39 is 0 Å². The van der Waals surface area contributed by atoms with Crippen molar-refractivity contribution in [2.24, 2.45) is 0 Å². The van der Waals surface area contributed by atoms with Crippen LogP contribution in [0.1, 0.15) is 29.6 Å². The highest BCUT2D eigenvalue weighted by Gasteiger charge is 2.36. The van der Waals surface area contributed by atoms with Crippen LogP contribution < -0.4 is 5.73 Å². The van der Waals surface area contributed by atoms with E-state index in [1.54, 1.807) is 18.2 Å². The van der Waals surface area contributed by atoms with Crippen LogP contribution in [-0.4, -0.2) is 47.9 Å². The lowest BCUT2D eigenvalue weighted by molar-refractivity contribution is 0.0740. The molecule has 0 saturated carbocycles. The monoisotopic (exact) mass is 293 g/mol. The fourth-order valence-corrected chi connectivity index (χ4v) is 3.64. The van der Waals surface area contributed by atoms with Gasteiger partial charge in [-0.2, -0.15) is 0 Å². The van der Waals surface area contributed by atoms with E-state index >= 15 is 0 Å². The number of nitrogens with two attached hydrogens (primary N) is 1. The topological polar surface area (TPSA) is 49.6 Å². The molecule has 5 heteroatoms. The summed E-state index contributed by atoms with van der Waals surface area (Å²) in [6, 6.07) is 6.21. The number of anilines is 1. The van der Waals surface area contributed by atoms with Gasteiger partial charge < -0.3 is 10.6 Å². The van der Waals surface area contributed by atoms with Crippen LogP contribution in [0, 0.1) is 0 Å². The Hall–Kier alpha value is -1.26. The maximum atomic E-state index is 12.6. The summed E-state index contributed by atoms with van der Waals surface area (Å²) >= 11 is 6.15. The van der Waals surface area contributed by atoms with Crippen molar-refractivity contribution in [3.63, 3.8) is 0 Å². The van der Waals surface area contributed by atoms with Gasteiger partial charge in [-0.3, -0.25) is 9.69 Å². The summed E-state index contributed by atoms with van der Waals surface area (Å²) in [5.74, 6) is 0.0240. The van der Waals surface area contributed by atoms with Crippen molar-refractivity contribution in [3.8, 4) is 0 Å². The molecule has 1 aromatic rings. The maximum Gasteiger partial charge on any atom is 0.255 e. The first kappa shape index (κ1) is 13.7. The van der Waals surface area contributed by atoms with Crippen molar-refractivity contribution in [1.29, 1.82) is 0 Å². The van der Waals surface area contributed by atoms with Gasteiger partial charge in [-0.25, -0.2) is 0 Å². The molecule has 1 aromatic carbocycles. The van der Waals surface area contributed by atoms with Crippen LogP contribution >= 0.6 is 11.6 Å². The van der Waals surface area contributed by atoms with Gasteiger partial charge in [0.05, 0.1) is 10.6 Å². The van der Waals surface area contributed by atoms with Gasteiger partial charge in [0.25, 0.3) is 5.91 Å². The Balaban J connectivity index is 1.80. The third kappa shape index (κ3) is 2.38. The molecule has 2 N–H and O–H groups in total. The first-order valence-corrected chi connectivity index (χ1v) is 7.50. The van der Waals surface area contributed by atoms with Crippen molar-refractivity contribution in [2.45, 2.75) is 31.3 Å². The molecule has 2 aliphatic rings. The van der Waals surface area contributed by atoms with Crippen LogP contribution in [0.4, 0.5) is 5.69 Å².